The van der Waals surface area contributed by atoms with Crippen molar-refractivity contribution in [1.29, 1.82) is 0 Å². The average molecular weight is 387 g/mol. The molecule has 1 aromatic rings. The van der Waals surface area contributed by atoms with Crippen LogP contribution in [0.3, 0.4) is 0 Å². The number of nitrogens with one attached hydrogen (secondary N) is 2. The van der Waals surface area contributed by atoms with Gasteiger partial charge in [-0.3, -0.25) is 4.79 Å². The zero-order chi connectivity index (χ0) is 11.4. The summed E-state index contributed by atoms with van der Waals surface area (Å²) in [4.78, 5) is 11.7. The number of thiophene rings is 1. The van der Waals surface area contributed by atoms with E-state index < -0.39 is 0 Å². The van der Waals surface area contributed by atoms with Gasteiger partial charge in [0.15, 0.2) is 0 Å². The molecule has 1 atom stereocenters. The first-order chi connectivity index (χ1) is 7.75. The number of rotatable bonds is 4. The molecule has 17 heavy (non-hydrogen) atoms. The van der Waals surface area contributed by atoms with Crippen molar-refractivity contribution in [2.24, 2.45) is 5.92 Å². The Morgan fingerprint density at radius 3 is 3.06 bits per heavy atom. The molecule has 1 saturated heterocycles. The van der Waals surface area contributed by atoms with Gasteiger partial charge in [0.1, 0.15) is 0 Å². The molecule has 1 aliphatic heterocycles. The van der Waals surface area contributed by atoms with Gasteiger partial charge in [-0.25, -0.2) is 0 Å². The maximum absolute atomic E-state index is 11.7. The lowest BCUT2D eigenvalue weighted by Gasteiger charge is -2.08. The van der Waals surface area contributed by atoms with Gasteiger partial charge in [-0.15, -0.1) is 23.7 Å². The van der Waals surface area contributed by atoms with Gasteiger partial charge >= 0.3 is 0 Å². The highest BCUT2D eigenvalue weighted by Gasteiger charge is 2.14. The van der Waals surface area contributed by atoms with E-state index in [4.69, 9.17) is 0 Å². The van der Waals surface area contributed by atoms with Crippen molar-refractivity contribution in [2.75, 3.05) is 19.6 Å². The maximum atomic E-state index is 11.7. The van der Waals surface area contributed by atoms with Gasteiger partial charge in [0.05, 0.1) is 8.45 Å². The maximum Gasteiger partial charge on any atom is 0.252 e. The Labute approximate surface area is 125 Å². The third-order valence-electron chi connectivity index (χ3n) is 2.83. The highest BCUT2D eigenvalue weighted by atomic mass is 127. The zero-order valence-corrected chi connectivity index (χ0v) is 13.2. The topological polar surface area (TPSA) is 41.1 Å². The Balaban J connectivity index is 0.00000144. The van der Waals surface area contributed by atoms with Gasteiger partial charge in [0.2, 0.25) is 0 Å². The van der Waals surface area contributed by atoms with E-state index in [0.717, 1.165) is 40.4 Å². The molecule has 2 heterocycles. The third-order valence-corrected chi connectivity index (χ3v) is 4.62. The first kappa shape index (κ1) is 15.2. The van der Waals surface area contributed by atoms with Crippen LogP contribution in [0.4, 0.5) is 0 Å². The third kappa shape index (κ3) is 4.73. The minimum Gasteiger partial charge on any atom is -0.352 e. The van der Waals surface area contributed by atoms with E-state index in [1.54, 1.807) is 11.3 Å². The van der Waals surface area contributed by atoms with Crippen LogP contribution < -0.4 is 10.6 Å². The highest BCUT2D eigenvalue weighted by Crippen LogP contribution is 2.16. The quantitative estimate of drug-likeness (QED) is 0.781. The number of carbonyl (C=O) groups excluding carboxylic acids is 1. The molecule has 0 saturated carbocycles. The molecule has 3 nitrogen and oxygen atoms in total. The van der Waals surface area contributed by atoms with Crippen LogP contribution in [0.1, 0.15) is 23.2 Å². The lowest BCUT2D eigenvalue weighted by Crippen LogP contribution is -2.26. The van der Waals surface area contributed by atoms with Crippen LogP contribution in [0.15, 0.2) is 11.4 Å². The fourth-order valence-corrected chi connectivity index (χ4v) is 3.21. The lowest BCUT2D eigenvalue weighted by atomic mass is 10.1. The van der Waals surface area contributed by atoms with E-state index in [1.807, 2.05) is 11.4 Å². The number of amides is 1. The van der Waals surface area contributed by atoms with Crippen LogP contribution in [0.5, 0.6) is 0 Å². The minimum absolute atomic E-state index is 0. The molecule has 1 amide bonds. The Morgan fingerprint density at radius 2 is 2.47 bits per heavy atom. The molecular weight excluding hydrogens is 371 g/mol. The summed E-state index contributed by atoms with van der Waals surface area (Å²) in [6.45, 7) is 3.02. The summed E-state index contributed by atoms with van der Waals surface area (Å²) < 4.78 is 1.16. The van der Waals surface area contributed by atoms with E-state index in [1.165, 1.54) is 6.42 Å². The molecule has 1 fully saturated rings. The van der Waals surface area contributed by atoms with E-state index in [-0.39, 0.29) is 18.3 Å². The van der Waals surface area contributed by atoms with E-state index >= 15 is 0 Å². The predicted octanol–water partition coefficient (Wildman–Crippen LogP) is 2.50. The first-order valence-corrected chi connectivity index (χ1v) is 7.44. The second kappa shape index (κ2) is 7.56. The summed E-state index contributed by atoms with van der Waals surface area (Å²) >= 11 is 3.84. The molecule has 1 aliphatic rings. The van der Waals surface area contributed by atoms with Gasteiger partial charge in [-0.2, -0.15) is 0 Å². The molecule has 6 heteroatoms. The van der Waals surface area contributed by atoms with Crippen LogP contribution in [0.2, 0.25) is 0 Å². The van der Waals surface area contributed by atoms with Crippen molar-refractivity contribution in [2.45, 2.75) is 12.8 Å². The van der Waals surface area contributed by atoms with Crippen molar-refractivity contribution >= 4 is 52.2 Å². The number of carbonyl (C=O) groups is 1. The highest BCUT2D eigenvalue weighted by molar-refractivity contribution is 14.1. The molecule has 2 rings (SSSR count). The number of halogens is 2. The number of hydrogen-bond donors (Lipinski definition) is 2. The summed E-state index contributed by atoms with van der Waals surface area (Å²) in [5.74, 6) is 0.799. The normalized spacial score (nSPS) is 18.8. The standard InChI is InChI=1S/C11H15IN2OS.ClH/c12-10-5-9(7-16-10)11(15)14-4-2-8-1-3-13-6-8;/h5,7-8,13H,1-4,6H2,(H,14,15);1H. The monoisotopic (exact) mass is 386 g/mol. The molecular formula is C11H16ClIN2OS. The average Bonchev–Trinajstić information content (AvgIpc) is 2.89. The summed E-state index contributed by atoms with van der Waals surface area (Å²) in [7, 11) is 0. The summed E-state index contributed by atoms with van der Waals surface area (Å²) in [6.07, 6.45) is 2.33. The molecule has 0 aromatic carbocycles. The van der Waals surface area contributed by atoms with Crippen molar-refractivity contribution in [1.82, 2.24) is 10.6 Å². The van der Waals surface area contributed by atoms with Crippen molar-refractivity contribution in [3.63, 3.8) is 0 Å². The fourth-order valence-electron chi connectivity index (χ4n) is 1.88. The number of hydrogen-bond acceptors (Lipinski definition) is 3. The largest absolute Gasteiger partial charge is 0.352 e. The van der Waals surface area contributed by atoms with Gasteiger partial charge in [-0.05, 0) is 60.5 Å². The molecule has 0 bridgehead atoms. The van der Waals surface area contributed by atoms with Crippen molar-refractivity contribution in [3.8, 4) is 0 Å². The van der Waals surface area contributed by atoms with Crippen molar-refractivity contribution < 1.29 is 4.79 Å². The van der Waals surface area contributed by atoms with Gasteiger partial charge in [-0.1, -0.05) is 0 Å². The van der Waals surface area contributed by atoms with Crippen LogP contribution in [-0.2, 0) is 0 Å². The van der Waals surface area contributed by atoms with Crippen molar-refractivity contribution in [3.05, 3.63) is 19.9 Å². The molecule has 96 valence electrons. The Kier molecular flexibility index (Phi) is 6.76. The molecule has 2 N–H and O–H groups in total. The second-order valence-corrected chi connectivity index (χ2v) is 6.85. The fraction of sp³-hybridized carbons (Fsp3) is 0.545. The Morgan fingerprint density at radius 1 is 1.65 bits per heavy atom. The SMILES string of the molecule is Cl.O=C(NCCC1CCNC1)c1csc(I)c1. The van der Waals surface area contributed by atoms with E-state index in [0.29, 0.717) is 0 Å². The first-order valence-electron chi connectivity index (χ1n) is 5.48. The van der Waals surface area contributed by atoms with E-state index in [9.17, 15) is 4.79 Å². The van der Waals surface area contributed by atoms with Crippen LogP contribution >= 0.6 is 46.3 Å². The van der Waals surface area contributed by atoms with Crippen LogP contribution in [0, 0.1) is 8.80 Å². The van der Waals surface area contributed by atoms with Gasteiger partial charge in [0, 0.05) is 11.9 Å². The smallest absolute Gasteiger partial charge is 0.252 e. The lowest BCUT2D eigenvalue weighted by molar-refractivity contribution is 0.0952. The van der Waals surface area contributed by atoms with Gasteiger partial charge in [0.25, 0.3) is 5.91 Å². The second-order valence-electron chi connectivity index (χ2n) is 4.04. The summed E-state index contributed by atoms with van der Waals surface area (Å²) in [5.41, 5.74) is 0.791. The van der Waals surface area contributed by atoms with Gasteiger partial charge < -0.3 is 10.6 Å². The van der Waals surface area contributed by atoms with Crippen LogP contribution in [0.25, 0.3) is 0 Å². The molecule has 0 spiro atoms. The zero-order valence-electron chi connectivity index (χ0n) is 9.37. The van der Waals surface area contributed by atoms with Crippen LogP contribution in [-0.4, -0.2) is 25.5 Å². The minimum atomic E-state index is 0. The molecule has 0 aliphatic carbocycles. The predicted molar refractivity (Wildman–Crippen MR) is 82.2 cm³/mol. The molecule has 1 aromatic heterocycles. The molecule has 1 unspecified atom stereocenters. The summed E-state index contributed by atoms with van der Waals surface area (Å²) in [5, 5.41) is 8.22. The van der Waals surface area contributed by atoms with E-state index in [2.05, 4.69) is 33.2 Å². The Bertz CT molecular complexity index is 366. The Hall–Kier alpha value is 0.150. The molecule has 0 radical (unpaired) electrons. The summed E-state index contributed by atoms with van der Waals surface area (Å²) in [6, 6.07) is 1.93.